The van der Waals surface area contributed by atoms with Gasteiger partial charge < -0.3 is 10.1 Å². The summed E-state index contributed by atoms with van der Waals surface area (Å²) in [5, 5.41) is 5.21. The molecular formula is C11H18F2N2O2. The molecule has 0 aromatic carbocycles. The van der Waals surface area contributed by atoms with Gasteiger partial charge in [0.2, 0.25) is 6.43 Å². The summed E-state index contributed by atoms with van der Waals surface area (Å²) in [6, 6.07) is 0. The van der Waals surface area contributed by atoms with E-state index in [2.05, 4.69) is 10.6 Å². The Balaban J connectivity index is 2.60. The minimum atomic E-state index is -2.51. The molecule has 1 unspecified atom stereocenters. The molecule has 0 aromatic heterocycles. The lowest BCUT2D eigenvalue weighted by molar-refractivity contribution is 0.0505. The first-order valence-electron chi connectivity index (χ1n) is 5.48. The van der Waals surface area contributed by atoms with Crippen molar-refractivity contribution >= 4 is 6.09 Å². The van der Waals surface area contributed by atoms with Gasteiger partial charge in [-0.05, 0) is 20.8 Å². The number of ether oxygens (including phenoxy) is 1. The van der Waals surface area contributed by atoms with Gasteiger partial charge in [0.05, 0.1) is 5.92 Å². The van der Waals surface area contributed by atoms with Crippen LogP contribution in [0.3, 0.4) is 0 Å². The maximum absolute atomic E-state index is 12.7. The number of nitrogens with one attached hydrogen (secondary N) is 2. The number of halogens is 2. The maximum atomic E-state index is 12.7. The van der Waals surface area contributed by atoms with Gasteiger partial charge in [-0.15, -0.1) is 0 Å². The van der Waals surface area contributed by atoms with Crippen molar-refractivity contribution in [3.05, 3.63) is 11.8 Å². The van der Waals surface area contributed by atoms with Gasteiger partial charge in [-0.1, -0.05) is 6.08 Å². The van der Waals surface area contributed by atoms with E-state index in [1.165, 1.54) is 0 Å². The van der Waals surface area contributed by atoms with Crippen molar-refractivity contribution in [2.45, 2.75) is 32.8 Å². The molecule has 0 fully saturated rings. The van der Waals surface area contributed by atoms with Crippen LogP contribution in [0.2, 0.25) is 0 Å². The van der Waals surface area contributed by atoms with Crippen LogP contribution in [-0.4, -0.2) is 31.2 Å². The number of amides is 1. The molecule has 0 saturated heterocycles. The Bertz CT molecular complexity index is 311. The highest BCUT2D eigenvalue weighted by molar-refractivity contribution is 5.70. The summed E-state index contributed by atoms with van der Waals surface area (Å²) >= 11 is 0. The van der Waals surface area contributed by atoms with Gasteiger partial charge in [-0.3, -0.25) is 5.32 Å². The van der Waals surface area contributed by atoms with Crippen LogP contribution in [-0.2, 0) is 4.74 Å². The van der Waals surface area contributed by atoms with Crippen LogP contribution in [0.1, 0.15) is 20.8 Å². The van der Waals surface area contributed by atoms with Crippen molar-refractivity contribution < 1.29 is 18.3 Å². The Kier molecular flexibility index (Phi) is 4.45. The van der Waals surface area contributed by atoms with Crippen LogP contribution in [0.15, 0.2) is 11.8 Å². The van der Waals surface area contributed by atoms with Crippen LogP contribution in [0.25, 0.3) is 0 Å². The van der Waals surface area contributed by atoms with E-state index in [1.54, 1.807) is 26.8 Å². The number of carbonyl (C=O) groups is 1. The molecule has 0 saturated carbocycles. The Morgan fingerprint density at radius 1 is 1.59 bits per heavy atom. The average molecular weight is 248 g/mol. The van der Waals surface area contributed by atoms with Gasteiger partial charge in [0.25, 0.3) is 0 Å². The number of hydrogen-bond donors (Lipinski definition) is 2. The lowest BCUT2D eigenvalue weighted by atomic mass is 10.0. The number of alkyl carbamates (subject to hydrolysis) is 1. The molecule has 1 heterocycles. The minimum absolute atomic E-state index is 0.152. The first kappa shape index (κ1) is 13.9. The third-order valence-corrected chi connectivity index (χ3v) is 2.18. The van der Waals surface area contributed by atoms with Gasteiger partial charge >= 0.3 is 6.09 Å². The van der Waals surface area contributed by atoms with Crippen molar-refractivity contribution in [2.24, 2.45) is 5.92 Å². The van der Waals surface area contributed by atoms with Crippen LogP contribution < -0.4 is 10.6 Å². The maximum Gasteiger partial charge on any atom is 0.411 e. The molecule has 1 aliphatic heterocycles. The van der Waals surface area contributed by atoms with Gasteiger partial charge in [-0.25, -0.2) is 13.6 Å². The number of hydrogen-bond acceptors (Lipinski definition) is 3. The summed E-state index contributed by atoms with van der Waals surface area (Å²) in [5.41, 5.74) is -0.411. The molecule has 98 valence electrons. The van der Waals surface area contributed by atoms with E-state index in [0.29, 0.717) is 6.54 Å². The van der Waals surface area contributed by atoms with Crippen LogP contribution in [0.5, 0.6) is 0 Å². The molecule has 0 radical (unpaired) electrons. The first-order chi connectivity index (χ1) is 7.79. The summed E-state index contributed by atoms with van der Waals surface area (Å²) in [6.45, 7) is 5.77. The highest BCUT2D eigenvalue weighted by Crippen LogP contribution is 2.19. The molecule has 0 aliphatic carbocycles. The Labute approximate surface area is 99.4 Å². The molecule has 0 spiro atoms. The molecule has 0 bridgehead atoms. The normalized spacial score (nSPS) is 21.1. The molecule has 1 atom stereocenters. The molecule has 4 nitrogen and oxygen atoms in total. The molecular weight excluding hydrogens is 230 g/mol. The van der Waals surface area contributed by atoms with Crippen LogP contribution in [0.4, 0.5) is 13.6 Å². The summed E-state index contributed by atoms with van der Waals surface area (Å²) < 4.78 is 30.4. The van der Waals surface area contributed by atoms with E-state index < -0.39 is 24.0 Å². The molecule has 17 heavy (non-hydrogen) atoms. The van der Waals surface area contributed by atoms with E-state index >= 15 is 0 Å². The number of carbonyl (C=O) groups excluding carboxylic acids is 1. The third-order valence-electron chi connectivity index (χ3n) is 2.18. The standard InChI is InChI=1S/C11H18F2N2O2/c1-11(2,3)17-10(16)15-8-4-5-14-6-7(8)9(12)13/h4,7,9,14H,5-6H2,1-3H3,(H,15,16). The lowest BCUT2D eigenvalue weighted by Gasteiger charge is -2.26. The van der Waals surface area contributed by atoms with E-state index in [4.69, 9.17) is 4.74 Å². The van der Waals surface area contributed by atoms with Crippen molar-refractivity contribution in [3.8, 4) is 0 Å². The quantitative estimate of drug-likeness (QED) is 0.784. The van der Waals surface area contributed by atoms with Crippen LogP contribution >= 0.6 is 0 Å². The molecule has 1 amide bonds. The van der Waals surface area contributed by atoms with E-state index in [0.717, 1.165) is 0 Å². The third kappa shape index (κ3) is 4.68. The molecule has 0 aromatic rings. The largest absolute Gasteiger partial charge is 0.444 e. The van der Waals surface area contributed by atoms with E-state index in [1.807, 2.05) is 0 Å². The fraction of sp³-hybridized carbons (Fsp3) is 0.727. The van der Waals surface area contributed by atoms with Gasteiger partial charge in [0.1, 0.15) is 5.60 Å². The summed E-state index contributed by atoms with van der Waals surface area (Å²) in [6.07, 6.45) is -1.66. The SMILES string of the molecule is CC(C)(C)OC(=O)NC1=CCNCC1C(F)F. The van der Waals surface area contributed by atoms with E-state index in [-0.39, 0.29) is 12.2 Å². The monoisotopic (exact) mass is 248 g/mol. The lowest BCUT2D eigenvalue weighted by Crippen LogP contribution is -2.41. The molecule has 2 N–H and O–H groups in total. The Hall–Kier alpha value is -1.17. The predicted octanol–water partition coefficient (Wildman–Crippen LogP) is 1.88. The topological polar surface area (TPSA) is 50.4 Å². The first-order valence-corrected chi connectivity index (χ1v) is 5.48. The molecule has 6 heteroatoms. The number of rotatable bonds is 2. The zero-order chi connectivity index (χ0) is 13.1. The zero-order valence-electron chi connectivity index (χ0n) is 10.2. The van der Waals surface area contributed by atoms with Crippen molar-refractivity contribution in [3.63, 3.8) is 0 Å². The van der Waals surface area contributed by atoms with E-state index in [9.17, 15) is 13.6 Å². The smallest absolute Gasteiger partial charge is 0.411 e. The molecule has 1 rings (SSSR count). The van der Waals surface area contributed by atoms with Gasteiger partial charge in [-0.2, -0.15) is 0 Å². The predicted molar refractivity (Wildman–Crippen MR) is 59.8 cm³/mol. The summed E-state index contributed by atoms with van der Waals surface area (Å²) in [4.78, 5) is 11.5. The fourth-order valence-corrected chi connectivity index (χ4v) is 1.47. The van der Waals surface area contributed by atoms with Crippen molar-refractivity contribution in [2.75, 3.05) is 13.1 Å². The zero-order valence-corrected chi connectivity index (χ0v) is 10.2. The second-order valence-electron chi connectivity index (χ2n) is 4.89. The summed E-state index contributed by atoms with van der Waals surface area (Å²) in [5.74, 6) is -0.990. The Morgan fingerprint density at radius 3 is 2.76 bits per heavy atom. The minimum Gasteiger partial charge on any atom is -0.444 e. The highest BCUT2D eigenvalue weighted by atomic mass is 19.3. The number of alkyl halides is 2. The second kappa shape index (κ2) is 5.44. The molecule has 1 aliphatic rings. The van der Waals surface area contributed by atoms with Crippen molar-refractivity contribution in [1.29, 1.82) is 0 Å². The van der Waals surface area contributed by atoms with Crippen LogP contribution in [0, 0.1) is 5.92 Å². The van der Waals surface area contributed by atoms with Gasteiger partial charge in [0.15, 0.2) is 0 Å². The van der Waals surface area contributed by atoms with Crippen molar-refractivity contribution in [1.82, 2.24) is 10.6 Å². The second-order valence-corrected chi connectivity index (χ2v) is 4.89. The fourth-order valence-electron chi connectivity index (χ4n) is 1.47. The highest BCUT2D eigenvalue weighted by Gasteiger charge is 2.28. The Morgan fingerprint density at radius 2 is 2.24 bits per heavy atom. The summed E-state index contributed by atoms with van der Waals surface area (Å²) in [7, 11) is 0. The average Bonchev–Trinajstić information content (AvgIpc) is 2.14. The van der Waals surface area contributed by atoms with Gasteiger partial charge in [0, 0.05) is 18.8 Å².